The van der Waals surface area contributed by atoms with Gasteiger partial charge in [-0.25, -0.2) is 0 Å². The minimum absolute atomic E-state index is 1.29. The average Bonchev–Trinajstić information content (AvgIpc) is 2.37. The van der Waals surface area contributed by atoms with Crippen molar-refractivity contribution in [2.75, 3.05) is 0 Å². The molecule has 0 aromatic heterocycles. The first-order chi connectivity index (χ1) is 10.8. The number of hydrogen-bond donors (Lipinski definition) is 6. The van der Waals surface area contributed by atoms with Crippen LogP contribution in [0, 0.1) is 0 Å². The van der Waals surface area contributed by atoms with Gasteiger partial charge in [-0.3, -0.25) is 0 Å². The third-order valence-corrected chi connectivity index (χ3v) is 4.12. The summed E-state index contributed by atoms with van der Waals surface area (Å²) in [5.74, 6) is 0. The predicted octanol–water partition coefficient (Wildman–Crippen LogP) is 1.75. The fourth-order valence-electron chi connectivity index (χ4n) is 1.72. The zero-order valence-electron chi connectivity index (χ0n) is 13.7. The van der Waals surface area contributed by atoms with Gasteiger partial charge in [0.1, 0.15) is 0 Å². The largest absolute Gasteiger partial charge is 0.325 e. The average molecular weight is 469 g/mol. The molecule has 0 bridgehead atoms. The van der Waals surface area contributed by atoms with Crippen molar-refractivity contribution in [3.63, 3.8) is 0 Å². The second kappa shape index (κ2) is 15.0. The molecule has 0 radical (unpaired) electrons. The summed E-state index contributed by atoms with van der Waals surface area (Å²) in [6, 6.07) is 8.87. The van der Waals surface area contributed by atoms with E-state index in [9.17, 15) is 0 Å². The Bertz CT molecular complexity index is 498. The molecular formula is C13H25O6P2S2Zn. The Balaban J connectivity index is 0. The second-order valence-corrected chi connectivity index (χ2v) is 11.6. The van der Waals surface area contributed by atoms with E-state index in [0.29, 0.717) is 0 Å². The maximum absolute atomic E-state index is 7.56. The van der Waals surface area contributed by atoms with E-state index in [0.717, 1.165) is 0 Å². The van der Waals surface area contributed by atoms with Crippen LogP contribution in [0.15, 0.2) is 24.3 Å². The maximum atomic E-state index is 7.56. The molecule has 0 aliphatic rings. The Morgan fingerprint density at radius 3 is 1.67 bits per heavy atom. The maximum Gasteiger partial charge on any atom is 0.319 e. The molecule has 0 spiro atoms. The van der Waals surface area contributed by atoms with Crippen molar-refractivity contribution in [3.05, 3.63) is 29.8 Å². The first kappa shape index (κ1) is 27.1. The van der Waals surface area contributed by atoms with Crippen molar-refractivity contribution in [1.82, 2.24) is 0 Å². The van der Waals surface area contributed by atoms with Crippen LogP contribution in [0.1, 0.15) is 44.6 Å². The van der Waals surface area contributed by atoms with E-state index in [1.807, 2.05) is 0 Å². The SMILES string of the molecule is CCCCCCCc1cccc[c]1[Zn].OP(O)(O)=S.OP(O)(O)=S. The van der Waals surface area contributed by atoms with Crippen molar-refractivity contribution in [1.29, 1.82) is 0 Å². The van der Waals surface area contributed by atoms with Crippen LogP contribution in [0.25, 0.3) is 0 Å². The van der Waals surface area contributed by atoms with Crippen molar-refractivity contribution < 1.29 is 47.7 Å². The molecule has 1 rings (SSSR count). The molecule has 11 heteroatoms. The molecule has 0 aliphatic carbocycles. The summed E-state index contributed by atoms with van der Waals surface area (Å²) in [4.78, 5) is 45.3. The van der Waals surface area contributed by atoms with E-state index in [1.54, 1.807) is 9.72 Å². The van der Waals surface area contributed by atoms with Gasteiger partial charge in [0.25, 0.3) is 0 Å². The summed E-state index contributed by atoms with van der Waals surface area (Å²) in [6.45, 7) is -5.34. The summed E-state index contributed by atoms with van der Waals surface area (Å²) in [7, 11) is 0. The second-order valence-electron chi connectivity index (χ2n) is 4.96. The molecule has 24 heavy (non-hydrogen) atoms. The Morgan fingerprint density at radius 2 is 1.25 bits per heavy atom. The molecule has 6 N–H and O–H groups in total. The van der Waals surface area contributed by atoms with Gasteiger partial charge in [0, 0.05) is 0 Å². The van der Waals surface area contributed by atoms with E-state index in [-0.39, 0.29) is 0 Å². The first-order valence-electron chi connectivity index (χ1n) is 7.31. The molecule has 0 aliphatic heterocycles. The van der Waals surface area contributed by atoms with Crippen molar-refractivity contribution in [2.45, 2.75) is 45.4 Å². The predicted molar refractivity (Wildman–Crippen MR) is 100 cm³/mol. The van der Waals surface area contributed by atoms with Gasteiger partial charge in [0.15, 0.2) is 0 Å². The fourth-order valence-corrected chi connectivity index (χ4v) is 2.62. The third kappa shape index (κ3) is 30.7. The van der Waals surface area contributed by atoms with Gasteiger partial charge in [-0.05, 0) is 23.6 Å². The topological polar surface area (TPSA) is 121 Å². The molecule has 6 nitrogen and oxygen atoms in total. The number of aryl methyl sites for hydroxylation is 1. The zero-order valence-corrected chi connectivity index (χ0v) is 20.0. The molecular weight excluding hydrogens is 444 g/mol. The summed E-state index contributed by atoms with van der Waals surface area (Å²) >= 11 is 8.51. The van der Waals surface area contributed by atoms with Crippen LogP contribution in [0.4, 0.5) is 0 Å². The normalized spacial score (nSPS) is 11.0. The number of rotatable bonds is 6. The van der Waals surface area contributed by atoms with Gasteiger partial charge in [0.05, 0.1) is 0 Å². The Morgan fingerprint density at radius 1 is 0.833 bits per heavy atom. The molecule has 1 aromatic rings. The number of hydrogen-bond acceptors (Lipinski definition) is 2. The van der Waals surface area contributed by atoms with Crippen LogP contribution < -0.4 is 4.16 Å². The molecule has 0 saturated heterocycles. The van der Waals surface area contributed by atoms with Crippen molar-refractivity contribution in [3.8, 4) is 0 Å². The zero-order chi connectivity index (χ0) is 19.2. The molecule has 0 heterocycles. The fraction of sp³-hybridized carbons (Fsp3) is 0.538. The molecule has 0 unspecified atom stereocenters. The van der Waals surface area contributed by atoms with E-state index >= 15 is 0 Å². The van der Waals surface area contributed by atoms with Gasteiger partial charge in [-0.1, -0.05) is 0 Å². The van der Waals surface area contributed by atoms with Gasteiger partial charge in [-0.15, -0.1) is 0 Å². The van der Waals surface area contributed by atoms with Gasteiger partial charge < -0.3 is 29.4 Å². The molecule has 0 atom stereocenters. The van der Waals surface area contributed by atoms with Crippen LogP contribution in [-0.2, 0) is 48.3 Å². The minimum atomic E-state index is -3.81. The van der Waals surface area contributed by atoms with E-state index in [4.69, 9.17) is 29.4 Å². The van der Waals surface area contributed by atoms with Crippen LogP contribution in [0.3, 0.4) is 0 Å². The van der Waals surface area contributed by atoms with Gasteiger partial charge in [-0.2, -0.15) is 0 Å². The van der Waals surface area contributed by atoms with Crippen LogP contribution >= 0.6 is 13.4 Å². The monoisotopic (exact) mass is 467 g/mol. The number of benzene rings is 1. The van der Waals surface area contributed by atoms with Gasteiger partial charge >= 0.3 is 111 Å². The summed E-state index contributed by atoms with van der Waals surface area (Å²) in [5.41, 5.74) is 1.59. The number of unbranched alkanes of at least 4 members (excludes halogenated alkanes) is 4. The Hall–Kier alpha value is 0.903. The van der Waals surface area contributed by atoms with E-state index in [1.165, 1.54) is 56.8 Å². The summed E-state index contributed by atoms with van der Waals surface area (Å²) in [6.07, 6.45) is 8.23. The standard InChI is InChI=1S/C13H19.2H3O3PS.Zn/c1-2-3-4-5-7-10-13-11-8-6-9-12-13;2*1-4(2,3)5;/h6,8-9,11H,2-5,7,10H2,1H3;2*(H3,1,2,3,5);. The van der Waals surface area contributed by atoms with Crippen molar-refractivity contribution >= 4 is 41.2 Å². The summed E-state index contributed by atoms with van der Waals surface area (Å²) < 4.78 is 1.57. The Labute approximate surface area is 163 Å². The Kier molecular flexibility index (Phi) is 17.0. The molecule has 137 valence electrons. The minimum Gasteiger partial charge on any atom is -0.325 e. The van der Waals surface area contributed by atoms with E-state index in [2.05, 4.69) is 54.8 Å². The first-order valence-corrected chi connectivity index (χ1v) is 14.1. The van der Waals surface area contributed by atoms with Gasteiger partial charge in [0.2, 0.25) is 0 Å². The van der Waals surface area contributed by atoms with Crippen LogP contribution in [0.2, 0.25) is 0 Å². The molecule has 0 saturated carbocycles. The molecule has 0 amide bonds. The van der Waals surface area contributed by atoms with Crippen LogP contribution in [-0.4, -0.2) is 29.4 Å². The van der Waals surface area contributed by atoms with Crippen molar-refractivity contribution in [2.24, 2.45) is 0 Å². The molecule has 0 fully saturated rings. The molecule has 1 aromatic carbocycles. The van der Waals surface area contributed by atoms with Crippen LogP contribution in [0.5, 0.6) is 0 Å². The third-order valence-electron chi connectivity index (χ3n) is 2.67. The smallest absolute Gasteiger partial charge is 0.319 e. The quantitative estimate of drug-likeness (QED) is 0.212. The summed E-state index contributed by atoms with van der Waals surface area (Å²) in [5, 5.41) is 0. The van der Waals surface area contributed by atoms with E-state index < -0.39 is 13.4 Å².